The maximum Gasteiger partial charge on any atom is 0.0312 e. The lowest BCUT2D eigenvalue weighted by atomic mass is 9.92. The largest absolute Gasteiger partial charge is 0.325 e. The van der Waals surface area contributed by atoms with Gasteiger partial charge in [-0.15, -0.1) is 0 Å². The zero-order valence-corrected chi connectivity index (χ0v) is 11.6. The Labute approximate surface area is 115 Å². The highest BCUT2D eigenvalue weighted by Gasteiger charge is 2.17. The first-order valence-corrected chi connectivity index (χ1v) is 6.65. The first-order valence-electron chi connectivity index (χ1n) is 6.65. The monoisotopic (exact) mass is 254 g/mol. The number of benzene rings is 2. The predicted molar refractivity (Wildman–Crippen MR) is 81.7 cm³/mol. The average molecular weight is 254 g/mol. The molecule has 0 heterocycles. The molecule has 100 valence electrons. The highest BCUT2D eigenvalue weighted by molar-refractivity contribution is 5.63. The van der Waals surface area contributed by atoms with Gasteiger partial charge in [0.2, 0.25) is 0 Å². The van der Waals surface area contributed by atoms with Gasteiger partial charge in [0.15, 0.2) is 0 Å². The van der Waals surface area contributed by atoms with Gasteiger partial charge in [-0.05, 0) is 37.0 Å². The lowest BCUT2D eigenvalue weighted by molar-refractivity contribution is 0.429. The molecule has 0 bridgehead atoms. The molecule has 0 saturated heterocycles. The Hall–Kier alpha value is -1.64. The second-order valence-corrected chi connectivity index (χ2v) is 5.79. The molecule has 0 amide bonds. The Kier molecular flexibility index (Phi) is 4.03. The van der Waals surface area contributed by atoms with Crippen molar-refractivity contribution in [1.29, 1.82) is 0 Å². The number of nitrogens with two attached hydrogens (primary N) is 2. The third kappa shape index (κ3) is 3.91. The van der Waals surface area contributed by atoms with Gasteiger partial charge < -0.3 is 11.5 Å². The van der Waals surface area contributed by atoms with Crippen LogP contribution in [-0.2, 0) is 0 Å². The molecule has 0 aromatic heterocycles. The van der Waals surface area contributed by atoms with Crippen molar-refractivity contribution in [2.45, 2.75) is 31.8 Å². The van der Waals surface area contributed by atoms with Crippen LogP contribution in [0.2, 0.25) is 0 Å². The average Bonchev–Trinajstić information content (AvgIpc) is 2.38. The summed E-state index contributed by atoms with van der Waals surface area (Å²) in [4.78, 5) is 0. The minimum absolute atomic E-state index is 0.00942. The quantitative estimate of drug-likeness (QED) is 0.877. The molecule has 1 atom stereocenters. The SMILES string of the molecule is CC(C)(N)CC(N)c1ccc(-c2ccccc2)cc1. The van der Waals surface area contributed by atoms with Gasteiger partial charge in [0.05, 0.1) is 0 Å². The summed E-state index contributed by atoms with van der Waals surface area (Å²) in [6.45, 7) is 4.01. The van der Waals surface area contributed by atoms with E-state index in [-0.39, 0.29) is 11.6 Å². The van der Waals surface area contributed by atoms with Gasteiger partial charge in [-0.2, -0.15) is 0 Å². The standard InChI is InChI=1S/C17H22N2/c1-17(2,19)12-16(18)15-10-8-14(9-11-15)13-6-4-3-5-7-13/h3-11,16H,12,18-19H2,1-2H3. The smallest absolute Gasteiger partial charge is 0.0312 e. The maximum atomic E-state index is 6.19. The molecule has 2 aromatic rings. The molecule has 0 radical (unpaired) electrons. The molecule has 2 rings (SSSR count). The molecule has 0 aliphatic carbocycles. The van der Waals surface area contributed by atoms with Crippen molar-refractivity contribution in [3.8, 4) is 11.1 Å². The molecule has 4 N–H and O–H groups in total. The molecular weight excluding hydrogens is 232 g/mol. The fourth-order valence-corrected chi connectivity index (χ4v) is 2.24. The lowest BCUT2D eigenvalue weighted by Crippen LogP contribution is -2.35. The summed E-state index contributed by atoms with van der Waals surface area (Å²) < 4.78 is 0. The van der Waals surface area contributed by atoms with E-state index in [4.69, 9.17) is 11.5 Å². The van der Waals surface area contributed by atoms with Crippen LogP contribution in [0.5, 0.6) is 0 Å². The molecular formula is C17H22N2. The van der Waals surface area contributed by atoms with Gasteiger partial charge in [-0.25, -0.2) is 0 Å². The van der Waals surface area contributed by atoms with Crippen molar-refractivity contribution in [3.63, 3.8) is 0 Å². The first-order chi connectivity index (χ1) is 8.96. The van der Waals surface area contributed by atoms with Crippen molar-refractivity contribution in [1.82, 2.24) is 0 Å². The van der Waals surface area contributed by atoms with E-state index in [1.165, 1.54) is 11.1 Å². The normalized spacial score (nSPS) is 13.3. The highest BCUT2D eigenvalue weighted by Crippen LogP contribution is 2.24. The molecule has 2 nitrogen and oxygen atoms in total. The lowest BCUT2D eigenvalue weighted by Gasteiger charge is -2.23. The van der Waals surface area contributed by atoms with E-state index in [1.807, 2.05) is 32.0 Å². The fraction of sp³-hybridized carbons (Fsp3) is 0.294. The number of rotatable bonds is 4. The Morgan fingerprint density at radius 2 is 1.42 bits per heavy atom. The van der Waals surface area contributed by atoms with Gasteiger partial charge >= 0.3 is 0 Å². The van der Waals surface area contributed by atoms with E-state index in [1.54, 1.807) is 0 Å². The Morgan fingerprint density at radius 3 is 1.95 bits per heavy atom. The van der Waals surface area contributed by atoms with E-state index < -0.39 is 0 Å². The van der Waals surface area contributed by atoms with Crippen molar-refractivity contribution in [2.75, 3.05) is 0 Å². The Morgan fingerprint density at radius 1 is 0.895 bits per heavy atom. The van der Waals surface area contributed by atoms with Crippen molar-refractivity contribution in [3.05, 3.63) is 60.2 Å². The zero-order chi connectivity index (χ0) is 13.9. The number of hydrogen-bond donors (Lipinski definition) is 2. The number of hydrogen-bond acceptors (Lipinski definition) is 2. The van der Waals surface area contributed by atoms with Crippen LogP contribution in [0.4, 0.5) is 0 Å². The second-order valence-electron chi connectivity index (χ2n) is 5.79. The van der Waals surface area contributed by atoms with E-state index >= 15 is 0 Å². The van der Waals surface area contributed by atoms with Gasteiger partial charge in [0.1, 0.15) is 0 Å². The summed E-state index contributed by atoms with van der Waals surface area (Å²) in [5.74, 6) is 0. The molecule has 0 saturated carbocycles. The van der Waals surface area contributed by atoms with Crippen LogP contribution in [0.1, 0.15) is 31.9 Å². The first kappa shape index (κ1) is 13.8. The van der Waals surface area contributed by atoms with Crippen LogP contribution in [0.25, 0.3) is 11.1 Å². The predicted octanol–water partition coefficient (Wildman–Crippen LogP) is 3.48. The van der Waals surface area contributed by atoms with Crippen LogP contribution in [0, 0.1) is 0 Å². The topological polar surface area (TPSA) is 52.0 Å². The minimum atomic E-state index is -0.239. The van der Waals surface area contributed by atoms with Crippen LogP contribution < -0.4 is 11.5 Å². The maximum absolute atomic E-state index is 6.19. The van der Waals surface area contributed by atoms with E-state index in [9.17, 15) is 0 Å². The third-order valence-corrected chi connectivity index (χ3v) is 3.19. The van der Waals surface area contributed by atoms with Gasteiger partial charge in [-0.1, -0.05) is 54.6 Å². The molecule has 2 aromatic carbocycles. The summed E-state index contributed by atoms with van der Waals surface area (Å²) in [6.07, 6.45) is 0.775. The second kappa shape index (κ2) is 5.55. The van der Waals surface area contributed by atoms with Crippen molar-refractivity contribution >= 4 is 0 Å². The molecule has 0 aliphatic heterocycles. The minimum Gasteiger partial charge on any atom is -0.325 e. The molecule has 0 fully saturated rings. The Balaban J connectivity index is 2.15. The van der Waals surface area contributed by atoms with Crippen LogP contribution in [-0.4, -0.2) is 5.54 Å². The van der Waals surface area contributed by atoms with Gasteiger partial charge in [0, 0.05) is 11.6 Å². The molecule has 1 unspecified atom stereocenters. The molecule has 2 heteroatoms. The van der Waals surface area contributed by atoms with Crippen LogP contribution in [0.15, 0.2) is 54.6 Å². The summed E-state index contributed by atoms with van der Waals surface area (Å²) >= 11 is 0. The van der Waals surface area contributed by atoms with Crippen molar-refractivity contribution in [2.24, 2.45) is 11.5 Å². The van der Waals surface area contributed by atoms with Crippen molar-refractivity contribution < 1.29 is 0 Å². The zero-order valence-electron chi connectivity index (χ0n) is 11.6. The van der Waals surface area contributed by atoms with E-state index in [0.29, 0.717) is 0 Å². The fourth-order valence-electron chi connectivity index (χ4n) is 2.24. The van der Waals surface area contributed by atoms with E-state index in [0.717, 1.165) is 12.0 Å². The van der Waals surface area contributed by atoms with Crippen LogP contribution >= 0.6 is 0 Å². The van der Waals surface area contributed by atoms with Crippen LogP contribution in [0.3, 0.4) is 0 Å². The summed E-state index contributed by atoms with van der Waals surface area (Å²) in [6, 6.07) is 18.8. The Bertz CT molecular complexity index is 509. The molecule has 0 aliphatic rings. The van der Waals surface area contributed by atoms with E-state index in [2.05, 4.69) is 36.4 Å². The van der Waals surface area contributed by atoms with Gasteiger partial charge in [0.25, 0.3) is 0 Å². The summed E-state index contributed by atoms with van der Waals surface area (Å²) in [7, 11) is 0. The molecule has 19 heavy (non-hydrogen) atoms. The van der Waals surface area contributed by atoms with Gasteiger partial charge in [-0.3, -0.25) is 0 Å². The molecule has 0 spiro atoms. The summed E-state index contributed by atoms with van der Waals surface area (Å²) in [5.41, 5.74) is 15.5. The third-order valence-electron chi connectivity index (χ3n) is 3.19. The highest BCUT2D eigenvalue weighted by atomic mass is 14.7. The summed E-state index contributed by atoms with van der Waals surface area (Å²) in [5, 5.41) is 0.